The first-order valence-electron chi connectivity index (χ1n) is 6.34. The first kappa shape index (κ1) is 13.6. The first-order valence-corrected chi connectivity index (χ1v) is 7.14. The van der Waals surface area contributed by atoms with Crippen LogP contribution in [0.5, 0.6) is 0 Å². The zero-order chi connectivity index (χ0) is 13.1. The number of nitrogens with zero attached hydrogens (tertiary/aromatic N) is 1. The van der Waals surface area contributed by atoms with Crippen LogP contribution in [0.4, 0.5) is 0 Å². The van der Waals surface area contributed by atoms with Crippen molar-refractivity contribution in [2.24, 2.45) is 0 Å². The third-order valence-electron chi connectivity index (χ3n) is 3.55. The minimum absolute atomic E-state index is 0.136. The number of hydrogen-bond donors (Lipinski definition) is 1. The second kappa shape index (κ2) is 5.85. The van der Waals surface area contributed by atoms with Gasteiger partial charge in [0.05, 0.1) is 5.56 Å². The van der Waals surface area contributed by atoms with Crippen LogP contribution in [0.15, 0.2) is 22.7 Å². The van der Waals surface area contributed by atoms with E-state index in [1.807, 2.05) is 37.1 Å². The summed E-state index contributed by atoms with van der Waals surface area (Å²) >= 11 is 3.48. The number of amides is 1. The van der Waals surface area contributed by atoms with E-state index in [-0.39, 0.29) is 5.91 Å². The van der Waals surface area contributed by atoms with Gasteiger partial charge in [0.25, 0.3) is 5.91 Å². The van der Waals surface area contributed by atoms with Gasteiger partial charge in [-0.25, -0.2) is 0 Å². The number of carbonyl (C=O) groups is 1. The van der Waals surface area contributed by atoms with Crippen molar-refractivity contribution < 1.29 is 4.79 Å². The summed E-state index contributed by atoms with van der Waals surface area (Å²) in [4.78, 5) is 14.4. The highest BCUT2D eigenvalue weighted by Gasteiger charge is 2.23. The number of halogens is 1. The number of aryl methyl sites for hydroxylation is 1. The van der Waals surface area contributed by atoms with E-state index in [2.05, 4.69) is 21.2 Å². The van der Waals surface area contributed by atoms with Crippen molar-refractivity contribution in [3.05, 3.63) is 33.8 Å². The number of hydrogen-bond acceptors (Lipinski definition) is 2. The summed E-state index contributed by atoms with van der Waals surface area (Å²) in [5.41, 5.74) is 1.93. The normalized spacial score (nSPS) is 16.9. The largest absolute Gasteiger partial charge is 0.338 e. The highest BCUT2D eigenvalue weighted by molar-refractivity contribution is 9.10. The van der Waals surface area contributed by atoms with Crippen LogP contribution in [0.25, 0.3) is 0 Å². The van der Waals surface area contributed by atoms with Crippen molar-refractivity contribution in [1.82, 2.24) is 10.2 Å². The molecular weight excluding hydrogens is 292 g/mol. The lowest BCUT2D eigenvalue weighted by atomic mass is 10.0. The molecule has 1 aromatic rings. The van der Waals surface area contributed by atoms with Gasteiger partial charge in [0.2, 0.25) is 0 Å². The van der Waals surface area contributed by atoms with Crippen molar-refractivity contribution in [1.29, 1.82) is 0 Å². The molecule has 1 aromatic carbocycles. The molecule has 1 saturated heterocycles. The van der Waals surface area contributed by atoms with Crippen LogP contribution in [0.1, 0.15) is 28.8 Å². The molecule has 0 spiro atoms. The summed E-state index contributed by atoms with van der Waals surface area (Å²) < 4.78 is 0.892. The smallest absolute Gasteiger partial charge is 0.254 e. The maximum atomic E-state index is 12.4. The van der Waals surface area contributed by atoms with Gasteiger partial charge < -0.3 is 10.2 Å². The summed E-state index contributed by atoms with van der Waals surface area (Å²) in [6, 6.07) is 6.44. The number of carbonyl (C=O) groups excluding carboxylic acids is 1. The molecule has 1 aliphatic heterocycles. The Kier molecular flexibility index (Phi) is 4.40. The molecule has 0 atom stereocenters. The van der Waals surface area contributed by atoms with Gasteiger partial charge in [-0.05, 0) is 60.4 Å². The van der Waals surface area contributed by atoms with E-state index in [1.165, 1.54) is 0 Å². The topological polar surface area (TPSA) is 32.3 Å². The van der Waals surface area contributed by atoms with Crippen molar-refractivity contribution in [2.75, 3.05) is 20.1 Å². The van der Waals surface area contributed by atoms with Crippen LogP contribution in [0.3, 0.4) is 0 Å². The SMILES string of the molecule is CNC1CCN(C(=O)c2ccc(C)cc2Br)CC1. The zero-order valence-corrected chi connectivity index (χ0v) is 12.5. The molecular formula is C14H19BrN2O. The third kappa shape index (κ3) is 2.93. The molecule has 0 aromatic heterocycles. The molecule has 2 rings (SSSR count). The van der Waals surface area contributed by atoms with Gasteiger partial charge in [-0.15, -0.1) is 0 Å². The average molecular weight is 311 g/mol. The second-order valence-electron chi connectivity index (χ2n) is 4.84. The highest BCUT2D eigenvalue weighted by atomic mass is 79.9. The van der Waals surface area contributed by atoms with E-state index < -0.39 is 0 Å². The summed E-state index contributed by atoms with van der Waals surface area (Å²) in [5, 5.41) is 3.27. The first-order chi connectivity index (χ1) is 8.61. The minimum atomic E-state index is 0.136. The predicted molar refractivity (Wildman–Crippen MR) is 76.9 cm³/mol. The number of likely N-dealkylation sites (tertiary alicyclic amines) is 1. The molecule has 0 bridgehead atoms. The molecule has 4 heteroatoms. The number of benzene rings is 1. The lowest BCUT2D eigenvalue weighted by Crippen LogP contribution is -2.44. The quantitative estimate of drug-likeness (QED) is 0.910. The molecule has 18 heavy (non-hydrogen) atoms. The predicted octanol–water partition coefficient (Wildman–Crippen LogP) is 2.58. The van der Waals surface area contributed by atoms with Gasteiger partial charge in [-0.3, -0.25) is 4.79 Å². The lowest BCUT2D eigenvalue weighted by molar-refractivity contribution is 0.0706. The Morgan fingerprint density at radius 2 is 2.06 bits per heavy atom. The lowest BCUT2D eigenvalue weighted by Gasteiger charge is -2.32. The molecule has 1 fully saturated rings. The fraction of sp³-hybridized carbons (Fsp3) is 0.500. The van der Waals surface area contributed by atoms with E-state index >= 15 is 0 Å². The van der Waals surface area contributed by atoms with Gasteiger partial charge in [-0.1, -0.05) is 6.07 Å². The molecule has 3 nitrogen and oxygen atoms in total. The van der Waals surface area contributed by atoms with Crippen molar-refractivity contribution in [2.45, 2.75) is 25.8 Å². The monoisotopic (exact) mass is 310 g/mol. The van der Waals surface area contributed by atoms with E-state index in [4.69, 9.17) is 0 Å². The van der Waals surface area contributed by atoms with Gasteiger partial charge >= 0.3 is 0 Å². The molecule has 0 aliphatic carbocycles. The fourth-order valence-electron chi connectivity index (χ4n) is 2.34. The van der Waals surface area contributed by atoms with E-state index in [0.29, 0.717) is 6.04 Å². The van der Waals surface area contributed by atoms with Crippen LogP contribution >= 0.6 is 15.9 Å². The van der Waals surface area contributed by atoms with E-state index in [1.54, 1.807) is 0 Å². The van der Waals surface area contributed by atoms with Crippen LogP contribution in [-0.4, -0.2) is 37.0 Å². The van der Waals surface area contributed by atoms with E-state index in [9.17, 15) is 4.79 Å². The molecule has 98 valence electrons. The Morgan fingerprint density at radius 1 is 1.39 bits per heavy atom. The average Bonchev–Trinajstić information content (AvgIpc) is 2.38. The summed E-state index contributed by atoms with van der Waals surface area (Å²) in [7, 11) is 1.98. The molecule has 1 amide bonds. The third-order valence-corrected chi connectivity index (χ3v) is 4.20. The van der Waals surface area contributed by atoms with Crippen LogP contribution < -0.4 is 5.32 Å². The fourth-order valence-corrected chi connectivity index (χ4v) is 3.00. The Balaban J connectivity index is 2.08. The molecule has 0 radical (unpaired) electrons. The van der Waals surface area contributed by atoms with Crippen LogP contribution in [0, 0.1) is 6.92 Å². The van der Waals surface area contributed by atoms with Gasteiger partial charge in [0.15, 0.2) is 0 Å². The molecule has 0 saturated carbocycles. The van der Waals surface area contributed by atoms with Gasteiger partial charge in [-0.2, -0.15) is 0 Å². The van der Waals surface area contributed by atoms with E-state index in [0.717, 1.165) is 41.5 Å². The van der Waals surface area contributed by atoms with Crippen molar-refractivity contribution in [3.63, 3.8) is 0 Å². The number of piperidine rings is 1. The second-order valence-corrected chi connectivity index (χ2v) is 5.69. The maximum Gasteiger partial charge on any atom is 0.254 e. The molecule has 1 N–H and O–H groups in total. The molecule has 1 aliphatic rings. The molecule has 1 heterocycles. The Hall–Kier alpha value is -0.870. The van der Waals surface area contributed by atoms with Crippen LogP contribution in [-0.2, 0) is 0 Å². The number of nitrogens with one attached hydrogen (secondary N) is 1. The standard InChI is InChI=1S/C14H19BrN2O/c1-10-3-4-12(13(15)9-10)14(18)17-7-5-11(16-2)6-8-17/h3-4,9,11,16H,5-8H2,1-2H3. The highest BCUT2D eigenvalue weighted by Crippen LogP contribution is 2.21. The van der Waals surface area contributed by atoms with Gasteiger partial charge in [0, 0.05) is 23.6 Å². The van der Waals surface area contributed by atoms with Crippen molar-refractivity contribution in [3.8, 4) is 0 Å². The Morgan fingerprint density at radius 3 is 2.61 bits per heavy atom. The summed E-state index contributed by atoms with van der Waals surface area (Å²) in [5.74, 6) is 0.136. The van der Waals surface area contributed by atoms with Gasteiger partial charge in [0.1, 0.15) is 0 Å². The Labute approximate surface area is 117 Å². The summed E-state index contributed by atoms with van der Waals surface area (Å²) in [6.07, 6.45) is 2.07. The van der Waals surface area contributed by atoms with Crippen molar-refractivity contribution >= 4 is 21.8 Å². The summed E-state index contributed by atoms with van der Waals surface area (Å²) in [6.45, 7) is 3.70. The minimum Gasteiger partial charge on any atom is -0.338 e. The Bertz CT molecular complexity index is 439. The van der Waals surface area contributed by atoms with Crippen LogP contribution in [0.2, 0.25) is 0 Å². The molecule has 0 unspecified atom stereocenters. The maximum absolute atomic E-state index is 12.4. The zero-order valence-electron chi connectivity index (χ0n) is 10.9. The number of rotatable bonds is 2.